The van der Waals surface area contributed by atoms with Crippen molar-refractivity contribution >= 4 is 12.2 Å². The van der Waals surface area contributed by atoms with Gasteiger partial charge in [0.05, 0.1) is 5.54 Å². The third-order valence-electron chi connectivity index (χ3n) is 7.44. The van der Waals surface area contributed by atoms with Crippen molar-refractivity contribution in [1.29, 1.82) is 0 Å². The number of ether oxygens (including phenoxy) is 2. The highest BCUT2D eigenvalue weighted by Gasteiger charge is 2.59. The predicted octanol–water partition coefficient (Wildman–Crippen LogP) is 4.57. The molecule has 6 heteroatoms. The van der Waals surface area contributed by atoms with Gasteiger partial charge in [-0.2, -0.15) is 0 Å². The van der Waals surface area contributed by atoms with Crippen LogP contribution in [0.25, 0.3) is 0 Å². The Morgan fingerprint density at radius 2 is 1.75 bits per heavy atom. The van der Waals surface area contributed by atoms with Crippen molar-refractivity contribution in [3.8, 4) is 0 Å². The quantitative estimate of drug-likeness (QED) is 0.706. The van der Waals surface area contributed by atoms with Crippen molar-refractivity contribution in [3.63, 3.8) is 0 Å². The lowest BCUT2D eigenvalue weighted by Gasteiger charge is -2.49. The second-order valence-corrected chi connectivity index (χ2v) is 10.5. The molecule has 0 bridgehead atoms. The highest BCUT2D eigenvalue weighted by molar-refractivity contribution is 5.72. The van der Waals surface area contributed by atoms with Crippen LogP contribution in [0.4, 0.5) is 9.59 Å². The van der Waals surface area contributed by atoms with E-state index < -0.39 is 5.60 Å². The van der Waals surface area contributed by atoms with Crippen molar-refractivity contribution in [3.05, 3.63) is 0 Å². The first kappa shape index (κ1) is 19.8. The molecule has 0 aromatic carbocycles. The summed E-state index contributed by atoms with van der Waals surface area (Å²) in [5.41, 5.74) is -0.369. The van der Waals surface area contributed by atoms with Crippen molar-refractivity contribution in [2.45, 2.75) is 89.7 Å². The van der Waals surface area contributed by atoms with Gasteiger partial charge in [0.25, 0.3) is 0 Å². The Hall–Kier alpha value is -1.46. The molecular weight excluding hydrogens is 356 g/mol. The van der Waals surface area contributed by atoms with Crippen molar-refractivity contribution in [2.24, 2.45) is 11.3 Å². The molecule has 2 aliphatic carbocycles. The fraction of sp³-hybridized carbons (Fsp3) is 0.909. The summed E-state index contributed by atoms with van der Waals surface area (Å²) >= 11 is 0. The van der Waals surface area contributed by atoms with Crippen molar-refractivity contribution in [2.75, 3.05) is 26.2 Å². The molecule has 0 atom stereocenters. The van der Waals surface area contributed by atoms with E-state index in [2.05, 4.69) is 4.90 Å². The Labute approximate surface area is 168 Å². The van der Waals surface area contributed by atoms with E-state index in [1.54, 1.807) is 0 Å². The maximum absolute atomic E-state index is 12.5. The molecule has 4 rings (SSSR count). The lowest BCUT2D eigenvalue weighted by molar-refractivity contribution is -0.0180. The summed E-state index contributed by atoms with van der Waals surface area (Å²) in [6.45, 7) is 8.55. The molecule has 28 heavy (non-hydrogen) atoms. The molecule has 0 unspecified atom stereocenters. The van der Waals surface area contributed by atoms with Crippen LogP contribution in [0.5, 0.6) is 0 Å². The minimum Gasteiger partial charge on any atom is -0.447 e. The molecule has 0 aromatic rings. The highest BCUT2D eigenvalue weighted by atomic mass is 16.6. The standard InChI is InChI=1S/C22H36N2O4/c1-20(2,3)28-18(25)23-13-11-21(12-14-23,17-7-5-4-6-8-17)15-24-19(26)27-16-22(24)9-10-22/h17H,4-16H2,1-3H3. The van der Waals surface area contributed by atoms with Gasteiger partial charge in [0.1, 0.15) is 12.2 Å². The van der Waals surface area contributed by atoms with Crippen LogP contribution >= 0.6 is 0 Å². The number of amides is 2. The predicted molar refractivity (Wildman–Crippen MR) is 106 cm³/mol. The number of nitrogens with zero attached hydrogens (tertiary/aromatic N) is 2. The Balaban J connectivity index is 1.48. The average Bonchev–Trinajstić information content (AvgIpc) is 3.38. The number of hydrogen-bond acceptors (Lipinski definition) is 4. The van der Waals surface area contributed by atoms with Crippen LogP contribution in [0, 0.1) is 11.3 Å². The molecule has 2 aliphatic heterocycles. The maximum atomic E-state index is 12.5. The third kappa shape index (κ3) is 3.84. The van der Waals surface area contributed by atoms with E-state index in [1.165, 1.54) is 32.1 Å². The van der Waals surface area contributed by atoms with E-state index in [0.717, 1.165) is 45.3 Å². The number of rotatable bonds is 3. The van der Waals surface area contributed by atoms with Gasteiger partial charge in [-0.3, -0.25) is 4.90 Å². The van der Waals surface area contributed by atoms with Gasteiger partial charge in [-0.25, -0.2) is 9.59 Å². The molecule has 2 saturated heterocycles. The van der Waals surface area contributed by atoms with Gasteiger partial charge in [-0.05, 0) is 70.6 Å². The summed E-state index contributed by atoms with van der Waals surface area (Å²) < 4.78 is 11.0. The highest BCUT2D eigenvalue weighted by Crippen LogP contribution is 2.52. The second-order valence-electron chi connectivity index (χ2n) is 10.5. The zero-order valence-electron chi connectivity index (χ0n) is 17.8. The second kappa shape index (κ2) is 7.10. The van der Waals surface area contributed by atoms with E-state index in [1.807, 2.05) is 25.7 Å². The zero-order chi connectivity index (χ0) is 20.0. The van der Waals surface area contributed by atoms with Gasteiger partial charge in [-0.15, -0.1) is 0 Å². The van der Waals surface area contributed by atoms with Crippen LogP contribution < -0.4 is 0 Å². The van der Waals surface area contributed by atoms with E-state index in [-0.39, 0.29) is 23.1 Å². The lowest BCUT2D eigenvalue weighted by atomic mass is 9.63. The van der Waals surface area contributed by atoms with E-state index in [4.69, 9.17) is 9.47 Å². The third-order valence-corrected chi connectivity index (χ3v) is 7.44. The van der Waals surface area contributed by atoms with Crippen LogP contribution in [0.15, 0.2) is 0 Å². The van der Waals surface area contributed by atoms with Crippen LogP contribution in [0.1, 0.15) is 78.6 Å². The van der Waals surface area contributed by atoms with E-state index >= 15 is 0 Å². The molecule has 0 aromatic heterocycles. The topological polar surface area (TPSA) is 59.1 Å². The van der Waals surface area contributed by atoms with Gasteiger partial charge < -0.3 is 14.4 Å². The number of cyclic esters (lactones) is 1. The monoisotopic (exact) mass is 392 g/mol. The van der Waals surface area contributed by atoms with Gasteiger partial charge in [0, 0.05) is 19.6 Å². The van der Waals surface area contributed by atoms with Crippen LogP contribution in [-0.4, -0.2) is 59.4 Å². The average molecular weight is 393 g/mol. The maximum Gasteiger partial charge on any atom is 0.410 e. The summed E-state index contributed by atoms with van der Waals surface area (Å²) in [5.74, 6) is 0.645. The van der Waals surface area contributed by atoms with E-state index in [0.29, 0.717) is 12.5 Å². The number of hydrogen-bond donors (Lipinski definition) is 0. The minimum atomic E-state index is -0.466. The molecule has 4 fully saturated rings. The molecule has 1 spiro atoms. The zero-order valence-corrected chi connectivity index (χ0v) is 17.8. The molecule has 158 valence electrons. The Morgan fingerprint density at radius 3 is 2.32 bits per heavy atom. The first-order chi connectivity index (χ1) is 13.2. The summed E-state index contributed by atoms with van der Waals surface area (Å²) in [5, 5.41) is 0. The fourth-order valence-electron chi connectivity index (χ4n) is 5.52. The Morgan fingerprint density at radius 1 is 1.11 bits per heavy atom. The molecule has 2 heterocycles. The molecule has 0 radical (unpaired) electrons. The first-order valence-electron chi connectivity index (χ1n) is 11.2. The van der Waals surface area contributed by atoms with Gasteiger partial charge >= 0.3 is 12.2 Å². The largest absolute Gasteiger partial charge is 0.447 e. The van der Waals surface area contributed by atoms with Crippen LogP contribution in [0.3, 0.4) is 0 Å². The Bertz CT molecular complexity index is 609. The molecule has 6 nitrogen and oxygen atoms in total. The summed E-state index contributed by atoms with van der Waals surface area (Å²) in [4.78, 5) is 28.9. The van der Waals surface area contributed by atoms with Gasteiger partial charge in [-0.1, -0.05) is 19.3 Å². The summed E-state index contributed by atoms with van der Waals surface area (Å²) in [6.07, 6.45) is 10.1. The lowest BCUT2D eigenvalue weighted by Crippen LogP contribution is -2.54. The van der Waals surface area contributed by atoms with Crippen molar-refractivity contribution in [1.82, 2.24) is 9.80 Å². The minimum absolute atomic E-state index is 0.0128. The number of piperidine rings is 1. The molecule has 0 N–H and O–H groups in total. The SMILES string of the molecule is CC(C)(C)OC(=O)N1CCC(CN2C(=O)OCC23CC3)(C2CCCCC2)CC1. The van der Waals surface area contributed by atoms with Crippen LogP contribution in [-0.2, 0) is 9.47 Å². The molecule has 2 amide bonds. The summed E-state index contributed by atoms with van der Waals surface area (Å²) in [7, 11) is 0. The molecule has 4 aliphatic rings. The molecular formula is C22H36N2O4. The normalized spacial score (nSPS) is 27.0. The van der Waals surface area contributed by atoms with Crippen LogP contribution in [0.2, 0.25) is 0 Å². The number of carbonyl (C=O) groups excluding carboxylic acids is 2. The number of carbonyl (C=O) groups is 2. The fourth-order valence-corrected chi connectivity index (χ4v) is 5.52. The Kier molecular flexibility index (Phi) is 5.03. The van der Waals surface area contributed by atoms with E-state index in [9.17, 15) is 9.59 Å². The first-order valence-corrected chi connectivity index (χ1v) is 11.2. The van der Waals surface area contributed by atoms with Crippen molar-refractivity contribution < 1.29 is 19.1 Å². The van der Waals surface area contributed by atoms with Gasteiger partial charge in [0.2, 0.25) is 0 Å². The summed E-state index contributed by atoms with van der Waals surface area (Å²) in [6, 6.07) is 0. The number of likely N-dealkylation sites (tertiary alicyclic amines) is 1. The van der Waals surface area contributed by atoms with Gasteiger partial charge in [0.15, 0.2) is 0 Å². The molecule has 2 saturated carbocycles. The smallest absolute Gasteiger partial charge is 0.410 e.